The second-order valence-electron chi connectivity index (χ2n) is 7.07. The first-order valence-corrected chi connectivity index (χ1v) is 11.1. The fourth-order valence-electron chi connectivity index (χ4n) is 3.15. The maximum atomic E-state index is 12.5. The van der Waals surface area contributed by atoms with E-state index >= 15 is 0 Å². The largest absolute Gasteiger partial charge is 0.456 e. The van der Waals surface area contributed by atoms with E-state index in [0.717, 1.165) is 19.2 Å². The fourth-order valence-corrected chi connectivity index (χ4v) is 4.58. The third kappa shape index (κ3) is 4.83. The van der Waals surface area contributed by atoms with Gasteiger partial charge >= 0.3 is 11.7 Å². The van der Waals surface area contributed by atoms with Crippen molar-refractivity contribution in [3.8, 4) is 0 Å². The third-order valence-electron chi connectivity index (χ3n) is 4.81. The van der Waals surface area contributed by atoms with Gasteiger partial charge < -0.3 is 15.8 Å². The van der Waals surface area contributed by atoms with E-state index in [0.29, 0.717) is 6.42 Å². The number of nitrogens with two attached hydrogens (primary N) is 1. The number of ether oxygens (including phenoxy) is 1. The average Bonchev–Trinajstić information content (AvgIpc) is 3.14. The molecule has 10 nitrogen and oxygen atoms in total. The van der Waals surface area contributed by atoms with Gasteiger partial charge in [0.25, 0.3) is 11.5 Å². The Morgan fingerprint density at radius 2 is 1.91 bits per heavy atom. The van der Waals surface area contributed by atoms with Crippen molar-refractivity contribution in [3.63, 3.8) is 0 Å². The summed E-state index contributed by atoms with van der Waals surface area (Å²) in [7, 11) is 1.23. The average molecular weight is 493 g/mol. The van der Waals surface area contributed by atoms with Crippen molar-refractivity contribution in [2.75, 3.05) is 18.9 Å². The first kappa shape index (κ1) is 24.2. The van der Waals surface area contributed by atoms with E-state index in [-0.39, 0.29) is 22.3 Å². The number of ketones is 1. The summed E-state index contributed by atoms with van der Waals surface area (Å²) in [6.07, 6.45) is 0.550. The van der Waals surface area contributed by atoms with E-state index in [1.165, 1.54) is 18.4 Å². The molecule has 12 heteroatoms. The van der Waals surface area contributed by atoms with E-state index in [1.54, 1.807) is 19.1 Å². The number of fused-ring (bicyclic) bond motifs is 1. The molecule has 0 spiro atoms. The number of aromatic nitrogens is 2. The Balaban J connectivity index is 1.65. The summed E-state index contributed by atoms with van der Waals surface area (Å²) in [6, 6.07) is 7.22. The van der Waals surface area contributed by atoms with E-state index < -0.39 is 47.6 Å². The quantitative estimate of drug-likeness (QED) is 0.359. The molecule has 0 aliphatic rings. The molecule has 0 saturated heterocycles. The molecule has 3 aromatic rings. The van der Waals surface area contributed by atoms with Gasteiger partial charge in [-0.1, -0.05) is 36.7 Å². The lowest BCUT2D eigenvalue weighted by molar-refractivity contribution is -0.141. The van der Waals surface area contributed by atoms with Crippen molar-refractivity contribution < 1.29 is 19.1 Å². The number of halogens is 1. The summed E-state index contributed by atoms with van der Waals surface area (Å²) in [4.78, 5) is 61.8. The summed E-state index contributed by atoms with van der Waals surface area (Å²) in [6.45, 7) is 0.730. The van der Waals surface area contributed by atoms with Gasteiger partial charge in [0, 0.05) is 23.7 Å². The lowest BCUT2D eigenvalue weighted by Crippen LogP contribution is -2.43. The van der Waals surface area contributed by atoms with Crippen molar-refractivity contribution in [1.82, 2.24) is 14.5 Å². The molecule has 1 amide bonds. The summed E-state index contributed by atoms with van der Waals surface area (Å²) in [5, 5.41) is 3.40. The number of thiophene rings is 1. The third-order valence-corrected chi connectivity index (χ3v) is 6.48. The van der Waals surface area contributed by atoms with Gasteiger partial charge in [-0.15, -0.1) is 11.3 Å². The number of rotatable bonds is 8. The van der Waals surface area contributed by atoms with Crippen LogP contribution in [0.5, 0.6) is 0 Å². The van der Waals surface area contributed by atoms with E-state index in [1.807, 2.05) is 12.1 Å². The molecule has 0 saturated carbocycles. The Labute approximate surface area is 196 Å². The zero-order valence-electron chi connectivity index (χ0n) is 17.8. The molecule has 2 aromatic heterocycles. The number of carbonyl (C=O) groups is 3. The molecule has 0 atom stereocenters. The Morgan fingerprint density at radius 3 is 2.58 bits per heavy atom. The SMILES string of the molecule is CCCn1c(N)c(C(=O)COC(=O)CNC(=O)c2sc3ccccc3c2Cl)c(=O)n(C)c1=O. The topological polar surface area (TPSA) is 142 Å². The van der Waals surface area contributed by atoms with E-state index in [4.69, 9.17) is 22.1 Å². The van der Waals surface area contributed by atoms with Gasteiger partial charge in [-0.3, -0.25) is 28.3 Å². The molecule has 0 unspecified atom stereocenters. The van der Waals surface area contributed by atoms with Crippen LogP contribution in [0.15, 0.2) is 33.9 Å². The van der Waals surface area contributed by atoms with Crippen molar-refractivity contribution in [3.05, 3.63) is 60.6 Å². The molecule has 3 N–H and O–H groups in total. The molecule has 0 fully saturated rings. The molecule has 0 bridgehead atoms. The number of hydrogen-bond acceptors (Lipinski definition) is 8. The van der Waals surface area contributed by atoms with Crippen LogP contribution in [0.4, 0.5) is 5.82 Å². The number of amides is 1. The fraction of sp³-hybridized carbons (Fsp3) is 0.286. The molecule has 174 valence electrons. The lowest BCUT2D eigenvalue weighted by atomic mass is 10.2. The molecule has 1 aromatic carbocycles. The minimum Gasteiger partial charge on any atom is -0.456 e. The van der Waals surface area contributed by atoms with Crippen LogP contribution in [-0.4, -0.2) is 39.9 Å². The highest BCUT2D eigenvalue weighted by Crippen LogP contribution is 2.34. The predicted molar refractivity (Wildman–Crippen MR) is 125 cm³/mol. The Bertz CT molecular complexity index is 1370. The Kier molecular flexibility index (Phi) is 7.34. The maximum absolute atomic E-state index is 12.5. The molecular formula is C21H21ClN4O6S. The molecule has 2 heterocycles. The van der Waals surface area contributed by atoms with Crippen LogP contribution in [0.25, 0.3) is 10.1 Å². The number of nitrogens with one attached hydrogen (secondary N) is 1. The van der Waals surface area contributed by atoms with Crippen LogP contribution in [0, 0.1) is 0 Å². The van der Waals surface area contributed by atoms with Crippen molar-refractivity contribution >= 4 is 56.5 Å². The summed E-state index contributed by atoms with van der Waals surface area (Å²) >= 11 is 7.43. The molecule has 0 aliphatic heterocycles. The maximum Gasteiger partial charge on any atom is 0.332 e. The van der Waals surface area contributed by atoms with E-state index in [2.05, 4.69) is 5.32 Å². The van der Waals surface area contributed by atoms with Gasteiger partial charge in [0.05, 0.1) is 5.02 Å². The van der Waals surface area contributed by atoms with Crippen molar-refractivity contribution in [2.45, 2.75) is 19.9 Å². The van der Waals surface area contributed by atoms with Crippen molar-refractivity contribution in [1.29, 1.82) is 0 Å². The van der Waals surface area contributed by atoms with Gasteiger partial charge in [-0.2, -0.15) is 0 Å². The molecule has 0 radical (unpaired) electrons. The number of carbonyl (C=O) groups excluding carboxylic acids is 3. The first-order valence-electron chi connectivity index (χ1n) is 9.90. The number of benzene rings is 1. The highest BCUT2D eigenvalue weighted by atomic mass is 35.5. The monoisotopic (exact) mass is 492 g/mol. The van der Waals surface area contributed by atoms with Gasteiger partial charge in [0.15, 0.2) is 6.61 Å². The van der Waals surface area contributed by atoms with Gasteiger partial charge in [0.2, 0.25) is 5.78 Å². The van der Waals surface area contributed by atoms with Gasteiger partial charge in [-0.25, -0.2) is 4.79 Å². The number of hydrogen-bond donors (Lipinski definition) is 2. The molecule has 3 rings (SSSR count). The minimum atomic E-state index is -0.897. The van der Waals surface area contributed by atoms with E-state index in [9.17, 15) is 24.0 Å². The number of esters is 1. The number of nitrogen functional groups attached to an aromatic ring is 1. The smallest absolute Gasteiger partial charge is 0.332 e. The number of anilines is 1. The predicted octanol–water partition coefficient (Wildman–Crippen LogP) is 1.56. The zero-order chi connectivity index (χ0) is 24.3. The highest BCUT2D eigenvalue weighted by Gasteiger charge is 2.23. The van der Waals surface area contributed by atoms with Crippen LogP contribution < -0.4 is 22.3 Å². The summed E-state index contributed by atoms with van der Waals surface area (Å²) in [5.74, 6) is -2.59. The molecule has 33 heavy (non-hydrogen) atoms. The van der Waals surface area contributed by atoms with Crippen LogP contribution in [0.3, 0.4) is 0 Å². The lowest BCUT2D eigenvalue weighted by Gasteiger charge is -2.13. The van der Waals surface area contributed by atoms with Crippen LogP contribution >= 0.6 is 22.9 Å². The second-order valence-corrected chi connectivity index (χ2v) is 8.50. The zero-order valence-corrected chi connectivity index (χ0v) is 19.4. The Hall–Kier alpha value is -3.44. The summed E-state index contributed by atoms with van der Waals surface area (Å²) in [5.41, 5.74) is 3.93. The van der Waals surface area contributed by atoms with Crippen LogP contribution in [0.1, 0.15) is 33.4 Å². The van der Waals surface area contributed by atoms with Gasteiger partial charge in [-0.05, 0) is 12.5 Å². The number of nitrogens with zero attached hydrogens (tertiary/aromatic N) is 2. The molecule has 0 aliphatic carbocycles. The number of Topliss-reactive ketones (excluding diaryl/α,β-unsaturated/α-hetero) is 1. The standard InChI is InChI=1S/C21H21ClN4O6S/c1-3-8-26-18(23)15(20(30)25(2)21(26)31)12(27)10-32-14(28)9-24-19(29)17-16(22)11-6-4-5-7-13(11)33-17/h4-7H,3,8-10,23H2,1-2H3,(H,24,29). The minimum absolute atomic E-state index is 0.213. The first-order chi connectivity index (χ1) is 15.7. The summed E-state index contributed by atoms with van der Waals surface area (Å²) < 4.78 is 7.60. The van der Waals surface area contributed by atoms with Gasteiger partial charge in [0.1, 0.15) is 22.8 Å². The second kappa shape index (κ2) is 10.0. The van der Waals surface area contributed by atoms with Crippen LogP contribution in [0.2, 0.25) is 5.02 Å². The highest BCUT2D eigenvalue weighted by molar-refractivity contribution is 7.21. The normalized spacial score (nSPS) is 10.9. The molecular weight excluding hydrogens is 472 g/mol. The Morgan fingerprint density at radius 1 is 1.21 bits per heavy atom. The van der Waals surface area contributed by atoms with Crippen LogP contribution in [-0.2, 0) is 23.1 Å². The van der Waals surface area contributed by atoms with Crippen molar-refractivity contribution in [2.24, 2.45) is 7.05 Å².